The lowest BCUT2D eigenvalue weighted by atomic mass is 10.1. The second-order valence-electron chi connectivity index (χ2n) is 5.28. The van der Waals surface area contributed by atoms with Gasteiger partial charge in [0.05, 0.1) is 10.6 Å². The van der Waals surface area contributed by atoms with Crippen molar-refractivity contribution in [3.63, 3.8) is 0 Å². The maximum Gasteiger partial charge on any atom is 0.255 e. The Hall–Kier alpha value is -0.770. The number of unbranched alkanes of at least 4 members (excludes halogenated alkanes) is 3. The molecule has 0 heterocycles. The Morgan fingerprint density at radius 2 is 1.86 bits per heavy atom. The smallest absolute Gasteiger partial charge is 0.255 e. The Labute approximate surface area is 144 Å². The number of hydrogen-bond donors (Lipinski definition) is 1. The number of hydrogen-bond acceptors (Lipinski definition) is 2. The van der Waals surface area contributed by atoms with E-state index in [0.717, 1.165) is 32.5 Å². The monoisotopic (exact) mass is 344 g/mol. The standard InChI is InChI=1S/C17H26Cl2N2O/c1-3-20-11-7-5-6-8-12-21(4-2)17(22)15-10-9-14(18)13-16(15)19/h9-10,13,20H,3-8,11-12H2,1-2H3. The summed E-state index contributed by atoms with van der Waals surface area (Å²) in [6.07, 6.45) is 4.55. The molecule has 1 N–H and O–H groups in total. The molecule has 22 heavy (non-hydrogen) atoms. The van der Waals surface area contributed by atoms with Crippen LogP contribution in [0.5, 0.6) is 0 Å². The highest BCUT2D eigenvalue weighted by Gasteiger charge is 2.16. The number of amides is 1. The van der Waals surface area contributed by atoms with Gasteiger partial charge in [0.2, 0.25) is 0 Å². The number of carbonyl (C=O) groups is 1. The van der Waals surface area contributed by atoms with Crippen LogP contribution in [-0.2, 0) is 0 Å². The summed E-state index contributed by atoms with van der Waals surface area (Å²) < 4.78 is 0. The molecule has 5 heteroatoms. The van der Waals surface area contributed by atoms with Gasteiger partial charge in [0, 0.05) is 18.1 Å². The number of carbonyl (C=O) groups excluding carboxylic acids is 1. The summed E-state index contributed by atoms with van der Waals surface area (Å²) in [4.78, 5) is 14.3. The van der Waals surface area contributed by atoms with E-state index in [2.05, 4.69) is 12.2 Å². The van der Waals surface area contributed by atoms with Crippen LogP contribution in [0.15, 0.2) is 18.2 Å². The molecule has 124 valence electrons. The molecule has 0 saturated carbocycles. The van der Waals surface area contributed by atoms with Crippen molar-refractivity contribution in [2.24, 2.45) is 0 Å². The summed E-state index contributed by atoms with van der Waals surface area (Å²) in [5.74, 6) is -0.0168. The van der Waals surface area contributed by atoms with Gasteiger partial charge in [-0.3, -0.25) is 4.79 Å². The zero-order chi connectivity index (χ0) is 16.4. The lowest BCUT2D eigenvalue weighted by molar-refractivity contribution is 0.0761. The van der Waals surface area contributed by atoms with Gasteiger partial charge in [-0.1, -0.05) is 43.0 Å². The Kier molecular flexibility index (Phi) is 9.53. The first-order valence-corrected chi connectivity index (χ1v) is 8.80. The fraction of sp³-hybridized carbons (Fsp3) is 0.588. The molecule has 0 aliphatic heterocycles. The molecule has 0 aromatic heterocycles. The molecule has 0 saturated heterocycles. The molecule has 0 atom stereocenters. The fourth-order valence-electron chi connectivity index (χ4n) is 2.32. The van der Waals surface area contributed by atoms with Crippen LogP contribution in [0.25, 0.3) is 0 Å². The van der Waals surface area contributed by atoms with E-state index in [1.807, 2.05) is 11.8 Å². The Morgan fingerprint density at radius 1 is 1.14 bits per heavy atom. The van der Waals surface area contributed by atoms with Crippen LogP contribution in [0.4, 0.5) is 0 Å². The Morgan fingerprint density at radius 3 is 2.50 bits per heavy atom. The van der Waals surface area contributed by atoms with Gasteiger partial charge in [-0.2, -0.15) is 0 Å². The van der Waals surface area contributed by atoms with Gasteiger partial charge in [-0.25, -0.2) is 0 Å². The SMILES string of the molecule is CCNCCCCCCN(CC)C(=O)c1ccc(Cl)cc1Cl. The highest BCUT2D eigenvalue weighted by molar-refractivity contribution is 6.36. The average Bonchev–Trinajstić information content (AvgIpc) is 2.49. The lowest BCUT2D eigenvalue weighted by Crippen LogP contribution is -2.32. The van der Waals surface area contributed by atoms with Gasteiger partial charge in [0.25, 0.3) is 5.91 Å². The fourth-order valence-corrected chi connectivity index (χ4v) is 2.81. The van der Waals surface area contributed by atoms with Gasteiger partial charge in [0.1, 0.15) is 0 Å². The second-order valence-corrected chi connectivity index (χ2v) is 6.12. The second kappa shape index (κ2) is 10.9. The maximum atomic E-state index is 12.5. The van der Waals surface area contributed by atoms with Gasteiger partial charge in [0.15, 0.2) is 0 Å². The molecule has 0 radical (unpaired) electrons. The summed E-state index contributed by atoms with van der Waals surface area (Å²) in [5.41, 5.74) is 0.528. The molecular formula is C17H26Cl2N2O. The minimum atomic E-state index is -0.0168. The van der Waals surface area contributed by atoms with Gasteiger partial charge in [-0.15, -0.1) is 0 Å². The number of benzene rings is 1. The van der Waals surface area contributed by atoms with Crippen LogP contribution in [0.1, 0.15) is 49.9 Å². The van der Waals surface area contributed by atoms with Crippen molar-refractivity contribution >= 4 is 29.1 Å². The van der Waals surface area contributed by atoms with Crippen LogP contribution in [-0.4, -0.2) is 37.0 Å². The zero-order valence-electron chi connectivity index (χ0n) is 13.5. The minimum absolute atomic E-state index is 0.0168. The predicted molar refractivity (Wildman–Crippen MR) is 95.1 cm³/mol. The van der Waals surface area contributed by atoms with Crippen LogP contribution >= 0.6 is 23.2 Å². The average molecular weight is 345 g/mol. The first-order valence-electron chi connectivity index (χ1n) is 8.05. The molecule has 1 rings (SSSR count). The molecule has 0 unspecified atom stereocenters. The topological polar surface area (TPSA) is 32.3 Å². The van der Waals surface area contributed by atoms with E-state index in [4.69, 9.17) is 23.2 Å². The molecule has 3 nitrogen and oxygen atoms in total. The van der Waals surface area contributed by atoms with Crippen molar-refractivity contribution in [2.75, 3.05) is 26.2 Å². The molecule has 0 bridgehead atoms. The largest absolute Gasteiger partial charge is 0.339 e. The molecule has 0 fully saturated rings. The van der Waals surface area contributed by atoms with Crippen molar-refractivity contribution in [1.82, 2.24) is 10.2 Å². The van der Waals surface area contributed by atoms with Crippen LogP contribution in [0.2, 0.25) is 10.0 Å². The van der Waals surface area contributed by atoms with E-state index in [-0.39, 0.29) is 5.91 Å². The van der Waals surface area contributed by atoms with Crippen LogP contribution in [0.3, 0.4) is 0 Å². The number of nitrogens with zero attached hydrogens (tertiary/aromatic N) is 1. The minimum Gasteiger partial charge on any atom is -0.339 e. The summed E-state index contributed by atoms with van der Waals surface area (Å²) in [5, 5.41) is 4.28. The predicted octanol–water partition coefficient (Wildman–Crippen LogP) is 4.63. The first-order chi connectivity index (χ1) is 10.6. The van der Waals surface area contributed by atoms with Crippen molar-refractivity contribution < 1.29 is 4.79 Å². The molecule has 0 aliphatic carbocycles. The molecule has 0 spiro atoms. The number of rotatable bonds is 10. The van der Waals surface area contributed by atoms with Crippen LogP contribution in [0, 0.1) is 0 Å². The molecule has 1 amide bonds. The molecule has 0 aliphatic rings. The normalized spacial score (nSPS) is 10.7. The van der Waals surface area contributed by atoms with E-state index >= 15 is 0 Å². The maximum absolute atomic E-state index is 12.5. The molecular weight excluding hydrogens is 319 g/mol. The summed E-state index contributed by atoms with van der Waals surface area (Å²) in [7, 11) is 0. The zero-order valence-corrected chi connectivity index (χ0v) is 15.0. The summed E-state index contributed by atoms with van der Waals surface area (Å²) >= 11 is 12.0. The third kappa shape index (κ3) is 6.55. The van der Waals surface area contributed by atoms with E-state index < -0.39 is 0 Å². The van der Waals surface area contributed by atoms with E-state index in [9.17, 15) is 4.79 Å². The van der Waals surface area contributed by atoms with E-state index in [1.165, 1.54) is 12.8 Å². The van der Waals surface area contributed by atoms with Gasteiger partial charge in [-0.05, 0) is 51.1 Å². The van der Waals surface area contributed by atoms with E-state index in [0.29, 0.717) is 22.2 Å². The third-order valence-corrected chi connectivity index (χ3v) is 4.16. The molecule has 1 aromatic rings. The van der Waals surface area contributed by atoms with Crippen molar-refractivity contribution in [3.8, 4) is 0 Å². The van der Waals surface area contributed by atoms with Crippen molar-refractivity contribution in [1.29, 1.82) is 0 Å². The van der Waals surface area contributed by atoms with Crippen molar-refractivity contribution in [2.45, 2.75) is 39.5 Å². The van der Waals surface area contributed by atoms with E-state index in [1.54, 1.807) is 18.2 Å². The third-order valence-electron chi connectivity index (χ3n) is 3.61. The summed E-state index contributed by atoms with van der Waals surface area (Å²) in [6, 6.07) is 5.02. The van der Waals surface area contributed by atoms with Gasteiger partial charge < -0.3 is 10.2 Å². The Balaban J connectivity index is 2.41. The highest BCUT2D eigenvalue weighted by atomic mass is 35.5. The molecule has 1 aromatic carbocycles. The quantitative estimate of drug-likeness (QED) is 0.627. The van der Waals surface area contributed by atoms with Gasteiger partial charge >= 0.3 is 0 Å². The number of halogens is 2. The Bertz CT molecular complexity index is 466. The van der Waals surface area contributed by atoms with Crippen molar-refractivity contribution in [3.05, 3.63) is 33.8 Å². The number of nitrogens with one attached hydrogen (secondary N) is 1. The summed E-state index contributed by atoms with van der Waals surface area (Å²) in [6.45, 7) is 7.68. The first kappa shape index (κ1) is 19.3. The van der Waals surface area contributed by atoms with Crippen LogP contribution < -0.4 is 5.32 Å². The highest BCUT2D eigenvalue weighted by Crippen LogP contribution is 2.22. The lowest BCUT2D eigenvalue weighted by Gasteiger charge is -2.21.